The fourth-order valence-electron chi connectivity index (χ4n) is 2.10. The van der Waals surface area contributed by atoms with Gasteiger partial charge in [-0.1, -0.05) is 12.1 Å². The number of fused-ring (bicyclic) bond motifs is 1. The largest absolute Gasteiger partial charge is 0.385 e. The summed E-state index contributed by atoms with van der Waals surface area (Å²) in [4.78, 5) is 0. The first kappa shape index (κ1) is 11.2. The number of unbranched alkanes of at least 4 members (excludes halogenated alkanes) is 1. The van der Waals surface area contributed by atoms with E-state index in [2.05, 4.69) is 42.0 Å². The van der Waals surface area contributed by atoms with Crippen LogP contribution in [-0.2, 0) is 11.3 Å². The fourth-order valence-corrected chi connectivity index (χ4v) is 2.10. The van der Waals surface area contributed by atoms with E-state index in [4.69, 9.17) is 4.74 Å². The number of hydrogen-bond acceptors (Lipinski definition) is 1. The van der Waals surface area contributed by atoms with Crippen molar-refractivity contribution in [2.24, 2.45) is 0 Å². The summed E-state index contributed by atoms with van der Waals surface area (Å²) < 4.78 is 7.39. The maximum absolute atomic E-state index is 5.06. The summed E-state index contributed by atoms with van der Waals surface area (Å²) in [6.45, 7) is 4.10. The minimum Gasteiger partial charge on any atom is -0.385 e. The van der Waals surface area contributed by atoms with Gasteiger partial charge in [0, 0.05) is 37.4 Å². The molecule has 2 heteroatoms. The Morgan fingerprint density at radius 1 is 1.19 bits per heavy atom. The SMILES string of the molecule is COCCCCn1ccc2c(C)cccc21. The Kier molecular flexibility index (Phi) is 3.62. The first-order valence-electron chi connectivity index (χ1n) is 5.86. The second-order valence-corrected chi connectivity index (χ2v) is 4.22. The van der Waals surface area contributed by atoms with Crippen molar-refractivity contribution < 1.29 is 4.74 Å². The van der Waals surface area contributed by atoms with Crippen molar-refractivity contribution in [2.75, 3.05) is 13.7 Å². The molecule has 2 nitrogen and oxygen atoms in total. The van der Waals surface area contributed by atoms with Crippen LogP contribution in [0.15, 0.2) is 30.5 Å². The van der Waals surface area contributed by atoms with Crippen LogP contribution < -0.4 is 0 Å². The van der Waals surface area contributed by atoms with Crippen molar-refractivity contribution in [3.05, 3.63) is 36.0 Å². The zero-order valence-corrected chi connectivity index (χ0v) is 10.1. The molecule has 1 heterocycles. The quantitative estimate of drug-likeness (QED) is 0.700. The van der Waals surface area contributed by atoms with Gasteiger partial charge in [0.15, 0.2) is 0 Å². The van der Waals surface area contributed by atoms with Crippen LogP contribution in [0, 0.1) is 6.92 Å². The van der Waals surface area contributed by atoms with Gasteiger partial charge in [0.25, 0.3) is 0 Å². The number of nitrogens with zero attached hydrogens (tertiary/aromatic N) is 1. The fraction of sp³-hybridized carbons (Fsp3) is 0.429. The highest BCUT2D eigenvalue weighted by molar-refractivity contribution is 5.83. The first-order chi connectivity index (χ1) is 7.83. The van der Waals surface area contributed by atoms with Crippen LogP contribution in [-0.4, -0.2) is 18.3 Å². The topological polar surface area (TPSA) is 14.2 Å². The minimum absolute atomic E-state index is 0.859. The molecule has 0 fully saturated rings. The van der Waals surface area contributed by atoms with Crippen molar-refractivity contribution in [1.82, 2.24) is 4.57 Å². The molecule has 1 aromatic carbocycles. The van der Waals surface area contributed by atoms with Crippen molar-refractivity contribution in [3.63, 3.8) is 0 Å². The maximum atomic E-state index is 5.06. The molecule has 0 atom stereocenters. The smallest absolute Gasteiger partial charge is 0.0482 e. The van der Waals surface area contributed by atoms with Crippen LogP contribution in [0.4, 0.5) is 0 Å². The molecule has 0 saturated carbocycles. The van der Waals surface area contributed by atoms with E-state index in [1.807, 2.05) is 0 Å². The predicted molar refractivity (Wildman–Crippen MR) is 67.8 cm³/mol. The van der Waals surface area contributed by atoms with Crippen LogP contribution in [0.1, 0.15) is 18.4 Å². The molecule has 0 radical (unpaired) electrons. The number of rotatable bonds is 5. The van der Waals surface area contributed by atoms with E-state index < -0.39 is 0 Å². The van der Waals surface area contributed by atoms with Gasteiger partial charge in [0.1, 0.15) is 0 Å². The highest BCUT2D eigenvalue weighted by Crippen LogP contribution is 2.19. The van der Waals surface area contributed by atoms with Crippen molar-refractivity contribution in [3.8, 4) is 0 Å². The highest BCUT2D eigenvalue weighted by atomic mass is 16.5. The maximum Gasteiger partial charge on any atom is 0.0482 e. The lowest BCUT2D eigenvalue weighted by Crippen LogP contribution is -1.98. The van der Waals surface area contributed by atoms with E-state index in [1.54, 1.807) is 7.11 Å². The molecule has 0 bridgehead atoms. The van der Waals surface area contributed by atoms with E-state index in [-0.39, 0.29) is 0 Å². The van der Waals surface area contributed by atoms with Gasteiger partial charge in [0.2, 0.25) is 0 Å². The van der Waals surface area contributed by atoms with Crippen LogP contribution in [0.2, 0.25) is 0 Å². The van der Waals surface area contributed by atoms with Gasteiger partial charge in [-0.2, -0.15) is 0 Å². The van der Waals surface area contributed by atoms with Crippen molar-refractivity contribution in [2.45, 2.75) is 26.3 Å². The molecule has 86 valence electrons. The number of hydrogen-bond donors (Lipinski definition) is 0. The molecule has 0 aliphatic rings. The van der Waals surface area contributed by atoms with E-state index in [0.29, 0.717) is 0 Å². The Bertz CT molecular complexity index is 459. The molecule has 0 aliphatic heterocycles. The summed E-state index contributed by atoms with van der Waals surface area (Å²) in [6.07, 6.45) is 4.48. The van der Waals surface area contributed by atoms with Crippen LogP contribution in [0.3, 0.4) is 0 Å². The van der Waals surface area contributed by atoms with Crippen molar-refractivity contribution in [1.29, 1.82) is 0 Å². The summed E-state index contributed by atoms with van der Waals surface area (Å²) in [5, 5.41) is 1.37. The Morgan fingerprint density at radius 3 is 2.88 bits per heavy atom. The Labute approximate surface area is 96.8 Å². The molecule has 0 saturated heterocycles. The summed E-state index contributed by atoms with van der Waals surface area (Å²) in [5.41, 5.74) is 2.70. The highest BCUT2D eigenvalue weighted by Gasteiger charge is 2.01. The van der Waals surface area contributed by atoms with Crippen LogP contribution in [0.5, 0.6) is 0 Å². The standard InChI is InChI=1S/C14H19NO/c1-12-6-5-7-14-13(12)8-10-15(14)9-3-4-11-16-2/h5-8,10H,3-4,9,11H2,1-2H3. The third-order valence-electron chi connectivity index (χ3n) is 3.03. The monoisotopic (exact) mass is 217 g/mol. The van der Waals surface area contributed by atoms with Gasteiger partial charge in [-0.3, -0.25) is 0 Å². The van der Waals surface area contributed by atoms with E-state index in [0.717, 1.165) is 19.6 Å². The number of aromatic nitrogens is 1. The lowest BCUT2D eigenvalue weighted by molar-refractivity contribution is 0.191. The van der Waals surface area contributed by atoms with Crippen LogP contribution in [0.25, 0.3) is 10.9 Å². The Hall–Kier alpha value is -1.28. The average Bonchev–Trinajstić information content (AvgIpc) is 2.70. The normalized spacial score (nSPS) is 11.1. The van der Waals surface area contributed by atoms with Crippen molar-refractivity contribution >= 4 is 10.9 Å². The van der Waals surface area contributed by atoms with Gasteiger partial charge in [0.05, 0.1) is 0 Å². The molecule has 2 rings (SSSR count). The predicted octanol–water partition coefficient (Wildman–Crippen LogP) is 3.38. The van der Waals surface area contributed by atoms with Gasteiger partial charge in [-0.25, -0.2) is 0 Å². The van der Waals surface area contributed by atoms with Gasteiger partial charge < -0.3 is 9.30 Å². The second kappa shape index (κ2) is 5.17. The van der Waals surface area contributed by atoms with E-state index in [1.165, 1.54) is 22.9 Å². The zero-order valence-electron chi connectivity index (χ0n) is 10.1. The van der Waals surface area contributed by atoms with Gasteiger partial charge in [-0.15, -0.1) is 0 Å². The molecule has 2 aromatic rings. The third-order valence-corrected chi connectivity index (χ3v) is 3.03. The molecule has 1 aromatic heterocycles. The summed E-state index contributed by atoms with van der Waals surface area (Å²) in [7, 11) is 1.76. The van der Waals surface area contributed by atoms with E-state index in [9.17, 15) is 0 Å². The number of benzene rings is 1. The molecule has 16 heavy (non-hydrogen) atoms. The Balaban J connectivity index is 2.10. The molecule has 0 spiro atoms. The number of aryl methyl sites for hydroxylation is 2. The first-order valence-corrected chi connectivity index (χ1v) is 5.86. The zero-order chi connectivity index (χ0) is 11.4. The molecular weight excluding hydrogens is 198 g/mol. The summed E-state index contributed by atoms with van der Waals surface area (Å²) >= 11 is 0. The van der Waals surface area contributed by atoms with Gasteiger partial charge >= 0.3 is 0 Å². The number of methoxy groups -OCH3 is 1. The Morgan fingerprint density at radius 2 is 2.06 bits per heavy atom. The summed E-state index contributed by atoms with van der Waals surface area (Å²) in [5.74, 6) is 0. The lowest BCUT2D eigenvalue weighted by Gasteiger charge is -2.05. The summed E-state index contributed by atoms with van der Waals surface area (Å²) in [6, 6.07) is 8.69. The molecule has 0 N–H and O–H groups in total. The molecule has 0 amide bonds. The third kappa shape index (κ3) is 2.27. The number of ether oxygens (including phenoxy) is 1. The minimum atomic E-state index is 0.859. The second-order valence-electron chi connectivity index (χ2n) is 4.22. The molecular formula is C14H19NO. The lowest BCUT2D eigenvalue weighted by atomic mass is 10.1. The van der Waals surface area contributed by atoms with Crippen LogP contribution >= 0.6 is 0 Å². The molecule has 0 unspecified atom stereocenters. The van der Waals surface area contributed by atoms with Gasteiger partial charge in [-0.05, 0) is 37.5 Å². The van der Waals surface area contributed by atoms with E-state index >= 15 is 0 Å². The average molecular weight is 217 g/mol. The molecule has 0 aliphatic carbocycles.